The van der Waals surface area contributed by atoms with Crippen LogP contribution in [0.15, 0.2) is 30.6 Å². The van der Waals surface area contributed by atoms with Crippen molar-refractivity contribution in [1.29, 1.82) is 0 Å². The normalized spacial score (nSPS) is 20.4. The summed E-state index contributed by atoms with van der Waals surface area (Å²) in [5.74, 6) is -0.282. The van der Waals surface area contributed by atoms with Crippen molar-refractivity contribution in [2.75, 3.05) is 26.3 Å². The second-order valence-electron chi connectivity index (χ2n) is 7.09. The highest BCUT2D eigenvalue weighted by Gasteiger charge is 2.36. The second kappa shape index (κ2) is 8.03. The number of hydrogen-bond acceptors (Lipinski definition) is 5. The molecule has 0 spiro atoms. The number of morpholine rings is 1. The van der Waals surface area contributed by atoms with Gasteiger partial charge in [-0.15, -0.1) is 13.2 Å². The van der Waals surface area contributed by atoms with Gasteiger partial charge in [-0.2, -0.15) is 0 Å². The number of halogens is 3. The number of rotatable bonds is 4. The van der Waals surface area contributed by atoms with Crippen LogP contribution in [0.4, 0.5) is 13.2 Å². The number of fused-ring (bicyclic) bond motifs is 1. The number of nitrogens with zero attached hydrogens (tertiary/aromatic N) is 3. The first-order valence-electron chi connectivity index (χ1n) is 9.35. The molecule has 10 heteroatoms. The Morgan fingerprint density at radius 3 is 2.86 bits per heavy atom. The minimum Gasteiger partial charge on any atom is -0.406 e. The summed E-state index contributed by atoms with van der Waals surface area (Å²) in [4.78, 5) is 24.3. The number of alkyl halides is 3. The summed E-state index contributed by atoms with van der Waals surface area (Å²) < 4.78 is 46.9. The van der Waals surface area contributed by atoms with Gasteiger partial charge in [0.15, 0.2) is 0 Å². The third-order valence-electron chi connectivity index (χ3n) is 5.12. The molecule has 1 N–H and O–H groups in total. The van der Waals surface area contributed by atoms with Crippen LogP contribution in [0.1, 0.15) is 17.0 Å². The van der Waals surface area contributed by atoms with Gasteiger partial charge >= 0.3 is 6.36 Å². The Balaban J connectivity index is 1.55. The first kappa shape index (κ1) is 19.7. The molecule has 1 unspecified atom stereocenters. The van der Waals surface area contributed by atoms with E-state index in [0.29, 0.717) is 51.4 Å². The van der Waals surface area contributed by atoms with Crippen LogP contribution in [0.5, 0.6) is 5.75 Å². The lowest BCUT2D eigenvalue weighted by molar-refractivity contribution is -0.274. The molecule has 1 atom stereocenters. The summed E-state index contributed by atoms with van der Waals surface area (Å²) in [5.41, 5.74) is 2.40. The molecule has 2 aromatic rings. The number of aromatic amines is 1. The Hall–Kier alpha value is -2.59. The molecule has 29 heavy (non-hydrogen) atoms. The average molecular weight is 410 g/mol. The molecule has 0 saturated carbocycles. The second-order valence-corrected chi connectivity index (χ2v) is 7.09. The zero-order valence-corrected chi connectivity index (χ0v) is 15.6. The van der Waals surface area contributed by atoms with Crippen molar-refractivity contribution in [3.8, 4) is 5.75 Å². The number of aromatic nitrogens is 2. The number of carbonyl (C=O) groups excluding carboxylic acids is 1. The van der Waals surface area contributed by atoms with E-state index in [0.717, 1.165) is 11.4 Å². The highest BCUT2D eigenvalue weighted by molar-refractivity contribution is 5.82. The summed E-state index contributed by atoms with van der Waals surface area (Å²) in [5, 5.41) is 0. The van der Waals surface area contributed by atoms with E-state index in [9.17, 15) is 18.0 Å². The molecule has 2 aliphatic heterocycles. The van der Waals surface area contributed by atoms with Crippen LogP contribution in [-0.2, 0) is 29.0 Å². The molecule has 0 radical (unpaired) electrons. The molecular weight excluding hydrogens is 389 g/mol. The quantitative estimate of drug-likeness (QED) is 0.836. The zero-order chi connectivity index (χ0) is 20.4. The van der Waals surface area contributed by atoms with Gasteiger partial charge in [-0.1, -0.05) is 12.1 Å². The van der Waals surface area contributed by atoms with Gasteiger partial charge in [-0.3, -0.25) is 9.69 Å². The van der Waals surface area contributed by atoms with Crippen LogP contribution < -0.4 is 4.74 Å². The van der Waals surface area contributed by atoms with E-state index < -0.39 is 12.4 Å². The van der Waals surface area contributed by atoms with Crippen molar-refractivity contribution < 1.29 is 27.4 Å². The van der Waals surface area contributed by atoms with E-state index in [1.807, 2.05) is 4.90 Å². The van der Waals surface area contributed by atoms with Crippen molar-refractivity contribution in [1.82, 2.24) is 19.8 Å². The molecule has 1 saturated heterocycles. The molecule has 3 heterocycles. The maximum atomic E-state index is 13.2. The number of benzene rings is 1. The van der Waals surface area contributed by atoms with Crippen molar-refractivity contribution in [3.05, 3.63) is 47.5 Å². The average Bonchev–Trinajstić information content (AvgIpc) is 3.14. The SMILES string of the molecule is O=C(C1Cc2nc[nH]c2CN1Cc1cccc(OC(F)(F)F)c1)N1CCOCC1. The van der Waals surface area contributed by atoms with Gasteiger partial charge in [0.25, 0.3) is 0 Å². The van der Waals surface area contributed by atoms with Crippen molar-refractivity contribution >= 4 is 5.91 Å². The number of ether oxygens (including phenoxy) is 2. The zero-order valence-electron chi connectivity index (χ0n) is 15.6. The molecule has 2 aliphatic rings. The summed E-state index contributed by atoms with van der Waals surface area (Å²) in [7, 11) is 0. The number of carbonyl (C=O) groups is 1. The lowest BCUT2D eigenvalue weighted by Gasteiger charge is -2.38. The summed E-state index contributed by atoms with van der Waals surface area (Å²) in [6.45, 7) is 2.84. The summed E-state index contributed by atoms with van der Waals surface area (Å²) in [6, 6.07) is 5.42. The first-order valence-corrected chi connectivity index (χ1v) is 9.35. The molecule has 1 amide bonds. The van der Waals surface area contributed by atoms with Gasteiger partial charge in [0.05, 0.1) is 37.0 Å². The maximum Gasteiger partial charge on any atom is 0.573 e. The molecule has 0 aliphatic carbocycles. The van der Waals surface area contributed by atoms with E-state index >= 15 is 0 Å². The lowest BCUT2D eigenvalue weighted by Crippen LogP contribution is -2.53. The number of H-pyrrole nitrogens is 1. The highest BCUT2D eigenvalue weighted by atomic mass is 19.4. The minimum absolute atomic E-state index is 0.00959. The summed E-state index contributed by atoms with van der Waals surface area (Å²) in [6.07, 6.45) is -2.70. The van der Waals surface area contributed by atoms with E-state index in [-0.39, 0.29) is 11.7 Å². The van der Waals surface area contributed by atoms with Crippen LogP contribution in [0, 0.1) is 0 Å². The molecular formula is C19H21F3N4O3. The third-order valence-corrected chi connectivity index (χ3v) is 5.12. The molecule has 0 bridgehead atoms. The molecule has 1 fully saturated rings. The molecule has 1 aromatic heterocycles. The van der Waals surface area contributed by atoms with Crippen LogP contribution in [0.2, 0.25) is 0 Å². The van der Waals surface area contributed by atoms with Crippen LogP contribution in [0.3, 0.4) is 0 Å². The predicted octanol–water partition coefficient (Wildman–Crippen LogP) is 2.09. The van der Waals surface area contributed by atoms with Gasteiger partial charge in [0, 0.05) is 32.6 Å². The van der Waals surface area contributed by atoms with Gasteiger partial charge in [-0.25, -0.2) is 4.98 Å². The topological polar surface area (TPSA) is 70.7 Å². The van der Waals surface area contributed by atoms with E-state index in [2.05, 4.69) is 14.7 Å². The largest absolute Gasteiger partial charge is 0.573 e. The molecule has 7 nitrogen and oxygen atoms in total. The molecule has 156 valence electrons. The van der Waals surface area contributed by atoms with Gasteiger partial charge in [0.2, 0.25) is 5.91 Å². The monoisotopic (exact) mass is 410 g/mol. The standard InChI is InChI=1S/C19H21F3N4O3/c20-19(21,22)29-14-3-1-2-13(8-14)10-26-11-16-15(23-12-24-16)9-17(26)18(27)25-4-6-28-7-5-25/h1-3,8,12,17H,4-7,9-11H2,(H,23,24). The van der Waals surface area contributed by atoms with Crippen LogP contribution >= 0.6 is 0 Å². The molecule has 1 aromatic carbocycles. The van der Waals surface area contributed by atoms with Crippen molar-refractivity contribution in [3.63, 3.8) is 0 Å². The van der Waals surface area contributed by atoms with Crippen molar-refractivity contribution in [2.45, 2.75) is 31.9 Å². The predicted molar refractivity (Wildman–Crippen MR) is 95.9 cm³/mol. The Morgan fingerprint density at radius 1 is 1.31 bits per heavy atom. The minimum atomic E-state index is -4.75. The smallest absolute Gasteiger partial charge is 0.406 e. The van der Waals surface area contributed by atoms with Crippen LogP contribution in [-0.4, -0.2) is 64.4 Å². The lowest BCUT2D eigenvalue weighted by atomic mass is 10.00. The Labute approximate surface area is 165 Å². The number of hydrogen-bond donors (Lipinski definition) is 1. The van der Waals surface area contributed by atoms with Gasteiger partial charge in [-0.05, 0) is 17.7 Å². The van der Waals surface area contributed by atoms with E-state index in [1.54, 1.807) is 17.3 Å². The third kappa shape index (κ3) is 4.70. The Morgan fingerprint density at radius 2 is 2.10 bits per heavy atom. The Bertz CT molecular complexity index is 864. The fourth-order valence-corrected chi connectivity index (χ4v) is 3.77. The number of nitrogens with one attached hydrogen (secondary N) is 1. The Kier molecular flexibility index (Phi) is 5.46. The van der Waals surface area contributed by atoms with Gasteiger partial charge in [0.1, 0.15) is 5.75 Å². The fourth-order valence-electron chi connectivity index (χ4n) is 3.77. The van der Waals surface area contributed by atoms with Crippen molar-refractivity contribution in [2.24, 2.45) is 0 Å². The van der Waals surface area contributed by atoms with E-state index in [4.69, 9.17) is 4.74 Å². The van der Waals surface area contributed by atoms with Gasteiger partial charge < -0.3 is 19.4 Å². The number of amides is 1. The first-order chi connectivity index (χ1) is 13.9. The molecule has 4 rings (SSSR count). The van der Waals surface area contributed by atoms with E-state index in [1.165, 1.54) is 18.2 Å². The number of imidazole rings is 1. The highest BCUT2D eigenvalue weighted by Crippen LogP contribution is 2.27. The van der Waals surface area contributed by atoms with Crippen LogP contribution in [0.25, 0.3) is 0 Å². The fraction of sp³-hybridized carbons (Fsp3) is 0.474. The summed E-state index contributed by atoms with van der Waals surface area (Å²) >= 11 is 0. The maximum absolute atomic E-state index is 13.2.